The lowest BCUT2D eigenvalue weighted by Crippen LogP contribution is -2.55. The minimum absolute atomic E-state index is 0.0766. The largest absolute Gasteiger partial charge is 0.463 e. The second-order valence-corrected chi connectivity index (χ2v) is 14.0. The molecule has 1 amide bonds. The molecule has 1 aliphatic carbocycles. The van der Waals surface area contributed by atoms with E-state index < -0.39 is 17.8 Å². The maximum Gasteiger partial charge on any atom is 0.318 e. The van der Waals surface area contributed by atoms with Crippen LogP contribution in [0.1, 0.15) is 115 Å². The number of fused-ring (bicyclic) bond motifs is 1. The monoisotopic (exact) mass is 665 g/mol. The number of aromatic nitrogens is 2. The van der Waals surface area contributed by atoms with Gasteiger partial charge in [-0.3, -0.25) is 4.79 Å². The van der Waals surface area contributed by atoms with Gasteiger partial charge in [-0.2, -0.15) is 15.2 Å². The summed E-state index contributed by atoms with van der Waals surface area (Å²) in [5, 5.41) is 10.4. The van der Waals surface area contributed by atoms with Crippen molar-refractivity contribution in [3.05, 3.63) is 58.5 Å². The van der Waals surface area contributed by atoms with Crippen LogP contribution in [0.3, 0.4) is 0 Å². The van der Waals surface area contributed by atoms with Gasteiger partial charge in [-0.1, -0.05) is 89.8 Å². The fourth-order valence-electron chi connectivity index (χ4n) is 7.45. The molecule has 256 valence electrons. The number of unbranched alkanes of at least 4 members (excludes halogenated alkanes) is 2. The molecule has 0 bridgehead atoms. The molecule has 2 aromatic rings. The van der Waals surface area contributed by atoms with Crippen LogP contribution < -0.4 is 9.64 Å². The highest BCUT2D eigenvalue weighted by atomic mass is 35.5. The molecule has 3 atom stereocenters. The van der Waals surface area contributed by atoms with Gasteiger partial charge < -0.3 is 14.5 Å². The molecule has 4 rings (SSSR count). The van der Waals surface area contributed by atoms with Crippen LogP contribution in [0.4, 0.5) is 10.2 Å². The van der Waals surface area contributed by atoms with Crippen molar-refractivity contribution in [1.82, 2.24) is 14.9 Å². The number of nitrogens with zero attached hydrogens (tertiary/aromatic N) is 5. The third kappa shape index (κ3) is 9.04. The van der Waals surface area contributed by atoms with Crippen molar-refractivity contribution in [2.45, 2.75) is 117 Å². The molecule has 2 aliphatic rings. The number of carbonyl (C=O) groups excluding carboxylic acids is 1. The fraction of sp³-hybridized carbons (Fsp3) is 0.632. The van der Waals surface area contributed by atoms with Crippen LogP contribution in [0.2, 0.25) is 5.02 Å². The number of amides is 1. The van der Waals surface area contributed by atoms with Crippen LogP contribution in [-0.2, 0) is 17.6 Å². The lowest BCUT2D eigenvalue weighted by Gasteiger charge is -2.42. The van der Waals surface area contributed by atoms with Gasteiger partial charge in [0.15, 0.2) is 5.83 Å². The number of aryl methyl sites for hydroxylation is 1. The summed E-state index contributed by atoms with van der Waals surface area (Å²) in [6.07, 6.45) is 11.7. The van der Waals surface area contributed by atoms with Gasteiger partial charge in [0.05, 0.1) is 30.8 Å². The molecular formula is C38H53ClFN5O2. The van der Waals surface area contributed by atoms with Crippen molar-refractivity contribution in [2.75, 3.05) is 31.1 Å². The Labute approximate surface area is 286 Å². The van der Waals surface area contributed by atoms with Gasteiger partial charge in [-0.25, -0.2) is 4.39 Å². The van der Waals surface area contributed by atoms with Gasteiger partial charge in [-0.15, -0.1) is 0 Å². The third-order valence-electron chi connectivity index (χ3n) is 10.6. The molecule has 2 unspecified atom stereocenters. The number of benzene rings is 1. The minimum Gasteiger partial charge on any atom is -0.463 e. The first-order chi connectivity index (χ1) is 22.7. The second-order valence-electron chi connectivity index (χ2n) is 13.6. The minimum atomic E-state index is -1.00. The first kappa shape index (κ1) is 36.7. The van der Waals surface area contributed by atoms with Gasteiger partial charge in [0, 0.05) is 41.6 Å². The number of carbonyl (C=O) groups is 1. The summed E-state index contributed by atoms with van der Waals surface area (Å²) in [7, 11) is 0. The Kier molecular flexibility index (Phi) is 13.5. The summed E-state index contributed by atoms with van der Waals surface area (Å²) in [6, 6.07) is 10.2. The van der Waals surface area contributed by atoms with Crippen molar-refractivity contribution in [3.63, 3.8) is 0 Å². The molecule has 47 heavy (non-hydrogen) atoms. The summed E-state index contributed by atoms with van der Waals surface area (Å²) in [5.41, 5.74) is 3.38. The number of halogens is 2. The van der Waals surface area contributed by atoms with Crippen molar-refractivity contribution in [3.8, 4) is 12.1 Å². The summed E-state index contributed by atoms with van der Waals surface area (Å²) in [4.78, 5) is 26.4. The smallest absolute Gasteiger partial charge is 0.318 e. The van der Waals surface area contributed by atoms with Crippen molar-refractivity contribution in [2.24, 2.45) is 11.3 Å². The van der Waals surface area contributed by atoms with Gasteiger partial charge >= 0.3 is 6.01 Å². The fourth-order valence-corrected chi connectivity index (χ4v) is 7.68. The van der Waals surface area contributed by atoms with Crippen LogP contribution in [0.15, 0.2) is 36.7 Å². The zero-order valence-electron chi connectivity index (χ0n) is 28.9. The average molecular weight is 666 g/mol. The van der Waals surface area contributed by atoms with E-state index in [0.29, 0.717) is 31.6 Å². The lowest BCUT2D eigenvalue weighted by atomic mass is 9.76. The molecule has 0 saturated carbocycles. The second kappa shape index (κ2) is 17.3. The highest BCUT2D eigenvalue weighted by Gasteiger charge is 2.37. The van der Waals surface area contributed by atoms with E-state index in [9.17, 15) is 14.4 Å². The molecule has 0 spiro atoms. The van der Waals surface area contributed by atoms with Crippen LogP contribution >= 0.6 is 11.6 Å². The number of rotatable bonds is 16. The van der Waals surface area contributed by atoms with E-state index in [4.69, 9.17) is 26.3 Å². The zero-order chi connectivity index (χ0) is 34.0. The molecule has 7 nitrogen and oxygen atoms in total. The van der Waals surface area contributed by atoms with Gasteiger partial charge in [0.25, 0.3) is 5.91 Å². The predicted molar refractivity (Wildman–Crippen MR) is 187 cm³/mol. The molecule has 1 aromatic carbocycles. The van der Waals surface area contributed by atoms with E-state index in [1.54, 1.807) is 0 Å². The number of nitriles is 1. The SMILES string of the molecule is C=C(F)C(=O)N1CCN(c2nc(OCC(CC)(CCCC)CCCC)nc3c2CCC(CCc2ccccc2Cl)[C@H]3C)CC1CC#N. The number of piperazine rings is 1. The molecule has 1 aromatic heterocycles. The van der Waals surface area contributed by atoms with Crippen molar-refractivity contribution in [1.29, 1.82) is 5.26 Å². The zero-order valence-corrected chi connectivity index (χ0v) is 29.6. The third-order valence-corrected chi connectivity index (χ3v) is 11.0. The quantitative estimate of drug-likeness (QED) is 0.166. The molecule has 0 N–H and O–H groups in total. The number of hydrogen-bond donors (Lipinski definition) is 0. The van der Waals surface area contributed by atoms with Gasteiger partial charge in [-0.05, 0) is 62.5 Å². The van der Waals surface area contributed by atoms with Crippen molar-refractivity contribution >= 4 is 23.3 Å². The molecular weight excluding hydrogens is 613 g/mol. The maximum atomic E-state index is 13.9. The first-order valence-corrected chi connectivity index (χ1v) is 18.1. The molecule has 2 heterocycles. The van der Waals surface area contributed by atoms with Gasteiger partial charge in [0.2, 0.25) is 0 Å². The molecule has 1 saturated heterocycles. The Balaban J connectivity index is 1.66. The van der Waals surface area contributed by atoms with Crippen molar-refractivity contribution < 1.29 is 13.9 Å². The standard InChI is InChI=1S/C38H53ClFN5O2/c1-6-9-20-38(8-3,21-10-7-2)26-47-37-42-34-27(4)29(15-16-30-13-11-12-14-33(30)39)17-18-32(34)35(43-37)44-23-24-45(36(46)28(5)40)31(25-44)19-22-41/h11-14,27,29,31H,5-10,15-21,23-26H2,1-4H3/t27-,29?,31?/m1/s1. The predicted octanol–water partition coefficient (Wildman–Crippen LogP) is 9.00. The highest BCUT2D eigenvalue weighted by Crippen LogP contribution is 2.43. The maximum absolute atomic E-state index is 13.9. The lowest BCUT2D eigenvalue weighted by molar-refractivity contribution is -0.131. The Morgan fingerprint density at radius 3 is 2.53 bits per heavy atom. The topological polar surface area (TPSA) is 82.3 Å². The first-order valence-electron chi connectivity index (χ1n) is 17.7. The van der Waals surface area contributed by atoms with Gasteiger partial charge in [0.1, 0.15) is 5.82 Å². The Morgan fingerprint density at radius 1 is 1.17 bits per heavy atom. The van der Waals surface area contributed by atoms with Crippen LogP contribution in [0, 0.1) is 22.7 Å². The Bertz CT molecular complexity index is 1400. The summed E-state index contributed by atoms with van der Waals surface area (Å²) in [6.45, 7) is 13.9. The molecule has 1 fully saturated rings. The number of anilines is 1. The molecule has 1 aliphatic heterocycles. The summed E-state index contributed by atoms with van der Waals surface area (Å²) in [5.74, 6) is -0.314. The van der Waals surface area contributed by atoms with Crippen LogP contribution in [0.25, 0.3) is 0 Å². The highest BCUT2D eigenvalue weighted by molar-refractivity contribution is 6.31. The van der Waals surface area contributed by atoms with Crippen LogP contribution in [0.5, 0.6) is 6.01 Å². The Morgan fingerprint density at radius 2 is 1.89 bits per heavy atom. The van der Waals surface area contributed by atoms with E-state index in [1.807, 2.05) is 18.2 Å². The Hall–Kier alpha value is -3.18. The number of ether oxygens (including phenoxy) is 1. The van der Waals surface area contributed by atoms with E-state index in [2.05, 4.69) is 51.3 Å². The molecule has 9 heteroatoms. The van der Waals surface area contributed by atoms with Crippen LogP contribution in [-0.4, -0.2) is 53.1 Å². The number of hydrogen-bond acceptors (Lipinski definition) is 6. The molecule has 0 radical (unpaired) electrons. The van der Waals surface area contributed by atoms with E-state index in [-0.39, 0.29) is 24.3 Å². The summed E-state index contributed by atoms with van der Waals surface area (Å²) < 4.78 is 20.5. The van der Waals surface area contributed by atoms with E-state index in [1.165, 1.54) is 10.5 Å². The van der Waals surface area contributed by atoms with E-state index in [0.717, 1.165) is 92.7 Å². The average Bonchev–Trinajstić information content (AvgIpc) is 3.08. The normalized spacial score (nSPS) is 19.6. The van der Waals surface area contributed by atoms with E-state index >= 15 is 0 Å². The summed E-state index contributed by atoms with van der Waals surface area (Å²) >= 11 is 6.50.